The van der Waals surface area contributed by atoms with Crippen LogP contribution in [0.2, 0.25) is 0 Å². The summed E-state index contributed by atoms with van der Waals surface area (Å²) in [5, 5.41) is 9.74. The summed E-state index contributed by atoms with van der Waals surface area (Å²) in [6, 6.07) is 4.07. The van der Waals surface area contributed by atoms with Crippen LogP contribution in [0.15, 0.2) is 11.2 Å². The summed E-state index contributed by atoms with van der Waals surface area (Å²) in [5.74, 6) is 0.330. The molecule has 0 aliphatic heterocycles. The van der Waals surface area contributed by atoms with Crippen molar-refractivity contribution in [2.45, 2.75) is 61.9 Å². The van der Waals surface area contributed by atoms with Gasteiger partial charge >= 0.3 is 0 Å². The quantitative estimate of drug-likeness (QED) is 0.672. The molecule has 124 valence electrons. The van der Waals surface area contributed by atoms with E-state index < -0.39 is 5.54 Å². The van der Waals surface area contributed by atoms with Crippen molar-refractivity contribution in [3.8, 4) is 6.07 Å². The number of carbonyl (C=O) groups is 1. The van der Waals surface area contributed by atoms with Crippen LogP contribution in [0, 0.1) is 18.3 Å². The van der Waals surface area contributed by atoms with Crippen LogP contribution in [-0.2, 0) is 4.79 Å². The van der Waals surface area contributed by atoms with Crippen molar-refractivity contribution in [2.75, 3.05) is 12.8 Å². The van der Waals surface area contributed by atoms with Gasteiger partial charge in [-0.2, -0.15) is 5.26 Å². The third kappa shape index (κ3) is 3.94. The first kappa shape index (κ1) is 17.5. The number of nitrogens with zero attached hydrogens (tertiary/aromatic N) is 4. The van der Waals surface area contributed by atoms with Crippen LogP contribution in [0.3, 0.4) is 0 Å². The fourth-order valence-corrected chi connectivity index (χ4v) is 3.90. The molecule has 0 saturated heterocycles. The van der Waals surface area contributed by atoms with Gasteiger partial charge in [0.2, 0.25) is 5.91 Å². The summed E-state index contributed by atoms with van der Waals surface area (Å²) in [4.78, 5) is 22.8. The molecule has 1 fully saturated rings. The molecular formula is C16H23N5OS. The molecule has 1 aliphatic rings. The number of aryl methyl sites for hydroxylation is 1. The molecule has 23 heavy (non-hydrogen) atoms. The Bertz CT molecular complexity index is 601. The van der Waals surface area contributed by atoms with Crippen molar-refractivity contribution in [1.82, 2.24) is 14.9 Å². The van der Waals surface area contributed by atoms with Gasteiger partial charge in [0.1, 0.15) is 11.4 Å². The molecule has 0 radical (unpaired) electrons. The molecule has 1 amide bonds. The molecular weight excluding hydrogens is 310 g/mol. The van der Waals surface area contributed by atoms with Crippen LogP contribution in [-0.4, -0.2) is 38.6 Å². The Labute approximate surface area is 141 Å². The highest BCUT2D eigenvalue weighted by Gasteiger charge is 2.40. The van der Waals surface area contributed by atoms with Gasteiger partial charge in [0.25, 0.3) is 0 Å². The summed E-state index contributed by atoms with van der Waals surface area (Å²) in [5.41, 5.74) is 5.83. The largest absolute Gasteiger partial charge is 0.384 e. The predicted molar refractivity (Wildman–Crippen MR) is 90.7 cm³/mol. The number of carbonyl (C=O) groups excluding carboxylic acids is 1. The van der Waals surface area contributed by atoms with Gasteiger partial charge < -0.3 is 10.6 Å². The smallest absolute Gasteiger partial charge is 0.236 e. The molecule has 1 heterocycles. The maximum Gasteiger partial charge on any atom is 0.236 e. The highest BCUT2D eigenvalue weighted by Crippen LogP contribution is 2.34. The van der Waals surface area contributed by atoms with E-state index in [-0.39, 0.29) is 11.2 Å². The van der Waals surface area contributed by atoms with E-state index in [1.54, 1.807) is 18.0 Å². The summed E-state index contributed by atoms with van der Waals surface area (Å²) in [6.07, 6.45) is 4.61. The molecule has 1 atom stereocenters. The molecule has 0 bridgehead atoms. The molecule has 2 rings (SSSR count). The van der Waals surface area contributed by atoms with Crippen molar-refractivity contribution in [3.63, 3.8) is 0 Å². The topological polar surface area (TPSA) is 95.9 Å². The maximum absolute atomic E-state index is 12.7. The van der Waals surface area contributed by atoms with Crippen molar-refractivity contribution in [2.24, 2.45) is 0 Å². The predicted octanol–water partition coefficient (Wildman–Crippen LogP) is 2.53. The zero-order valence-electron chi connectivity index (χ0n) is 13.9. The second kappa shape index (κ2) is 7.18. The zero-order chi connectivity index (χ0) is 17.0. The third-order valence-electron chi connectivity index (χ3n) is 4.34. The molecule has 0 unspecified atom stereocenters. The second-order valence-corrected chi connectivity index (χ2v) is 7.39. The molecule has 1 aromatic rings. The lowest BCUT2D eigenvalue weighted by Crippen LogP contribution is -2.52. The second-order valence-electron chi connectivity index (χ2n) is 6.08. The lowest BCUT2D eigenvalue weighted by atomic mass is 9.81. The zero-order valence-corrected chi connectivity index (χ0v) is 14.7. The Kier molecular flexibility index (Phi) is 5.47. The molecule has 0 aromatic carbocycles. The van der Waals surface area contributed by atoms with Gasteiger partial charge in [-0.15, -0.1) is 0 Å². The van der Waals surface area contributed by atoms with E-state index in [1.807, 2.05) is 13.8 Å². The van der Waals surface area contributed by atoms with Gasteiger partial charge in [-0.3, -0.25) is 4.79 Å². The van der Waals surface area contributed by atoms with E-state index in [2.05, 4.69) is 16.0 Å². The van der Waals surface area contributed by atoms with Gasteiger partial charge in [0.05, 0.1) is 11.3 Å². The van der Waals surface area contributed by atoms with E-state index in [4.69, 9.17) is 5.73 Å². The fourth-order valence-electron chi connectivity index (χ4n) is 2.97. The molecule has 1 aliphatic carbocycles. The minimum absolute atomic E-state index is 0.0675. The first-order valence-electron chi connectivity index (χ1n) is 7.85. The van der Waals surface area contributed by atoms with Gasteiger partial charge in [0.15, 0.2) is 5.16 Å². The average Bonchev–Trinajstić information content (AvgIpc) is 2.53. The number of amides is 1. The van der Waals surface area contributed by atoms with Crippen LogP contribution in [0.25, 0.3) is 0 Å². The van der Waals surface area contributed by atoms with Crippen molar-refractivity contribution in [1.29, 1.82) is 5.26 Å². The number of hydrogen-bond acceptors (Lipinski definition) is 6. The highest BCUT2D eigenvalue weighted by atomic mass is 32.2. The van der Waals surface area contributed by atoms with Gasteiger partial charge in [-0.05, 0) is 26.7 Å². The standard InChI is InChI=1S/C16H23N5OS/c1-11-9-13(18)20-15(19-11)23-12(2)14(22)21(3)16(10-17)7-5-4-6-8-16/h9,12H,4-8H2,1-3H3,(H2,18,19,20)/t12-/m1/s1. The Hall–Kier alpha value is -1.81. The molecule has 6 nitrogen and oxygen atoms in total. The fraction of sp³-hybridized carbons (Fsp3) is 0.625. The molecule has 0 spiro atoms. The van der Waals surface area contributed by atoms with Crippen molar-refractivity contribution >= 4 is 23.5 Å². The summed E-state index contributed by atoms with van der Waals surface area (Å²) in [6.45, 7) is 3.66. The van der Waals surface area contributed by atoms with Crippen LogP contribution in [0.1, 0.15) is 44.7 Å². The number of aromatic nitrogens is 2. The lowest BCUT2D eigenvalue weighted by molar-refractivity contribution is -0.133. The van der Waals surface area contributed by atoms with Gasteiger partial charge in [-0.1, -0.05) is 31.0 Å². The van der Waals surface area contributed by atoms with E-state index in [0.717, 1.165) is 37.8 Å². The maximum atomic E-state index is 12.7. The van der Waals surface area contributed by atoms with Crippen LogP contribution in [0.5, 0.6) is 0 Å². The number of hydrogen-bond donors (Lipinski definition) is 1. The number of rotatable bonds is 4. The highest BCUT2D eigenvalue weighted by molar-refractivity contribution is 8.00. The number of thioether (sulfide) groups is 1. The first-order chi connectivity index (χ1) is 10.9. The van der Waals surface area contributed by atoms with E-state index in [9.17, 15) is 10.1 Å². The van der Waals surface area contributed by atoms with E-state index in [1.165, 1.54) is 11.8 Å². The minimum atomic E-state index is -0.670. The third-order valence-corrected chi connectivity index (χ3v) is 5.29. The van der Waals surface area contributed by atoms with Crippen LogP contribution >= 0.6 is 11.8 Å². The molecule has 1 saturated carbocycles. The van der Waals surface area contributed by atoms with Crippen molar-refractivity contribution in [3.05, 3.63) is 11.8 Å². The lowest BCUT2D eigenvalue weighted by Gasteiger charge is -2.40. The normalized spacial score (nSPS) is 18.0. The van der Waals surface area contributed by atoms with E-state index in [0.29, 0.717) is 11.0 Å². The van der Waals surface area contributed by atoms with Crippen LogP contribution < -0.4 is 5.73 Å². The molecule has 2 N–H and O–H groups in total. The Morgan fingerprint density at radius 3 is 2.65 bits per heavy atom. The number of nitriles is 1. The summed E-state index contributed by atoms with van der Waals surface area (Å²) < 4.78 is 0. The first-order valence-corrected chi connectivity index (χ1v) is 8.73. The SMILES string of the molecule is Cc1cc(N)nc(S[C@H](C)C(=O)N(C)C2(C#N)CCCCC2)n1. The average molecular weight is 333 g/mol. The number of nitrogen functional groups attached to an aromatic ring is 1. The molecule has 1 aromatic heterocycles. The molecule has 7 heteroatoms. The van der Waals surface area contributed by atoms with Gasteiger partial charge in [0, 0.05) is 18.8 Å². The summed E-state index contributed by atoms with van der Waals surface area (Å²) >= 11 is 1.28. The number of anilines is 1. The Morgan fingerprint density at radius 1 is 1.43 bits per heavy atom. The Morgan fingerprint density at radius 2 is 2.09 bits per heavy atom. The number of nitrogens with two attached hydrogens (primary N) is 1. The van der Waals surface area contributed by atoms with E-state index >= 15 is 0 Å². The summed E-state index contributed by atoms with van der Waals surface area (Å²) in [7, 11) is 1.74. The van der Waals surface area contributed by atoms with Crippen molar-refractivity contribution < 1.29 is 4.79 Å². The monoisotopic (exact) mass is 333 g/mol. The van der Waals surface area contributed by atoms with Crippen LogP contribution in [0.4, 0.5) is 5.82 Å². The minimum Gasteiger partial charge on any atom is -0.384 e. The van der Waals surface area contributed by atoms with Gasteiger partial charge in [-0.25, -0.2) is 9.97 Å². The Balaban J connectivity index is 2.10.